The lowest BCUT2D eigenvalue weighted by Gasteiger charge is -2.42. The van der Waals surface area contributed by atoms with Gasteiger partial charge in [-0.3, -0.25) is 14.8 Å². The number of hydrogen-bond donors (Lipinski definition) is 2. The third kappa shape index (κ3) is 4.94. The number of hydrogen-bond acceptors (Lipinski definition) is 9. The molecular formula is C29H33N7O2. The van der Waals surface area contributed by atoms with Gasteiger partial charge in [0.1, 0.15) is 5.69 Å². The number of carbonyl (C=O) groups is 1. The van der Waals surface area contributed by atoms with E-state index in [0.29, 0.717) is 23.7 Å². The predicted octanol–water partition coefficient (Wildman–Crippen LogP) is 2.72. The Bertz CT molecular complexity index is 1380. The molecule has 1 saturated carbocycles. The molecule has 6 rings (SSSR count). The van der Waals surface area contributed by atoms with Crippen LogP contribution in [0.4, 0.5) is 11.4 Å². The van der Waals surface area contributed by atoms with Crippen molar-refractivity contribution in [1.29, 1.82) is 5.26 Å². The van der Waals surface area contributed by atoms with E-state index in [1.165, 1.54) is 0 Å². The number of carbonyl (C=O) groups excluding carboxylic acids is 1. The number of aliphatic hydroxyl groups excluding tert-OH is 1. The smallest absolute Gasteiger partial charge is 0.185 e. The molecule has 0 radical (unpaired) electrons. The molecule has 9 heteroatoms. The molecule has 0 amide bonds. The molecule has 3 aromatic rings. The molecule has 2 aliphatic heterocycles. The second kappa shape index (κ2) is 10.3. The molecule has 3 atom stereocenters. The zero-order valence-corrected chi connectivity index (χ0v) is 21.4. The van der Waals surface area contributed by atoms with Crippen LogP contribution >= 0.6 is 0 Å². The van der Waals surface area contributed by atoms with Gasteiger partial charge in [-0.2, -0.15) is 5.26 Å². The minimum atomic E-state index is -0.483. The summed E-state index contributed by atoms with van der Waals surface area (Å²) in [6.45, 7) is 2.90. The second-order valence-corrected chi connectivity index (χ2v) is 11.0. The largest absolute Gasteiger partial charge is 0.391 e. The summed E-state index contributed by atoms with van der Waals surface area (Å²) < 4.78 is 0. The van der Waals surface area contributed by atoms with E-state index in [1.807, 2.05) is 24.4 Å². The average Bonchev–Trinajstić information content (AvgIpc) is 3.80. The molecule has 5 heterocycles. The third-order valence-corrected chi connectivity index (χ3v) is 8.39. The number of piperidine rings is 2. The molecule has 3 fully saturated rings. The highest BCUT2D eigenvalue weighted by Gasteiger charge is 2.43. The van der Waals surface area contributed by atoms with Crippen molar-refractivity contribution in [2.45, 2.75) is 44.2 Å². The van der Waals surface area contributed by atoms with Crippen molar-refractivity contribution in [2.75, 3.05) is 36.0 Å². The van der Waals surface area contributed by atoms with Gasteiger partial charge in [0.05, 0.1) is 35.1 Å². The molecule has 3 aliphatic rings. The van der Waals surface area contributed by atoms with Crippen LogP contribution in [0.2, 0.25) is 0 Å². The Hall–Kier alpha value is -3.61. The van der Waals surface area contributed by atoms with Gasteiger partial charge in [0.15, 0.2) is 5.78 Å². The molecule has 1 aliphatic carbocycles. The zero-order chi connectivity index (χ0) is 26.2. The molecule has 0 unspecified atom stereocenters. The Morgan fingerprint density at radius 2 is 1.89 bits per heavy atom. The van der Waals surface area contributed by atoms with Crippen LogP contribution in [0.1, 0.15) is 41.7 Å². The van der Waals surface area contributed by atoms with Crippen LogP contribution in [-0.4, -0.2) is 64.2 Å². The average molecular weight is 512 g/mol. The van der Waals surface area contributed by atoms with Crippen molar-refractivity contribution >= 4 is 28.2 Å². The SMILES string of the molecule is N#CC1CCN(c2cnc3ccc(C(=O)Cc4cnccc4N4C[C@@H](N)[C@H](O)[C@@H](C5CC5)C4)nc3c2)CC1. The number of ketones is 1. The predicted molar refractivity (Wildman–Crippen MR) is 145 cm³/mol. The number of nitrogens with zero attached hydrogens (tertiary/aromatic N) is 6. The maximum Gasteiger partial charge on any atom is 0.185 e. The Balaban J connectivity index is 1.21. The van der Waals surface area contributed by atoms with Crippen molar-refractivity contribution in [1.82, 2.24) is 15.0 Å². The molecule has 3 aromatic heterocycles. The number of anilines is 2. The topological polar surface area (TPSA) is 132 Å². The highest BCUT2D eigenvalue weighted by atomic mass is 16.3. The lowest BCUT2D eigenvalue weighted by atomic mass is 9.87. The van der Waals surface area contributed by atoms with Gasteiger partial charge in [-0.05, 0) is 55.9 Å². The number of fused-ring (bicyclic) bond motifs is 1. The summed E-state index contributed by atoms with van der Waals surface area (Å²) in [5.74, 6) is 0.722. The molecular weight excluding hydrogens is 478 g/mol. The van der Waals surface area contributed by atoms with E-state index < -0.39 is 6.10 Å². The first-order chi connectivity index (χ1) is 18.5. The van der Waals surface area contributed by atoms with Gasteiger partial charge in [0.2, 0.25) is 0 Å². The summed E-state index contributed by atoms with van der Waals surface area (Å²) in [5, 5.41) is 19.8. The van der Waals surface area contributed by atoms with Crippen LogP contribution in [-0.2, 0) is 6.42 Å². The molecule has 0 aromatic carbocycles. The van der Waals surface area contributed by atoms with E-state index in [4.69, 9.17) is 5.73 Å². The molecule has 9 nitrogen and oxygen atoms in total. The first-order valence-electron chi connectivity index (χ1n) is 13.6. The van der Waals surface area contributed by atoms with Crippen LogP contribution in [0.3, 0.4) is 0 Å². The summed E-state index contributed by atoms with van der Waals surface area (Å²) in [6, 6.07) is 9.56. The molecule has 196 valence electrons. The van der Waals surface area contributed by atoms with Gasteiger partial charge >= 0.3 is 0 Å². The molecule has 2 saturated heterocycles. The summed E-state index contributed by atoms with van der Waals surface area (Å²) in [5.41, 5.74) is 10.9. The van der Waals surface area contributed by atoms with E-state index in [2.05, 4.69) is 30.8 Å². The lowest BCUT2D eigenvalue weighted by Crippen LogP contribution is -2.57. The number of rotatable bonds is 6. The summed E-state index contributed by atoms with van der Waals surface area (Å²) in [7, 11) is 0. The quantitative estimate of drug-likeness (QED) is 0.479. The van der Waals surface area contributed by atoms with Crippen molar-refractivity contribution in [3.05, 3.63) is 54.1 Å². The van der Waals surface area contributed by atoms with E-state index in [1.54, 1.807) is 18.5 Å². The second-order valence-electron chi connectivity index (χ2n) is 11.0. The number of nitrogens with two attached hydrogens (primary N) is 1. The number of aromatic nitrogens is 3. The molecule has 0 spiro atoms. The number of nitriles is 1. The molecule has 0 bridgehead atoms. The highest BCUT2D eigenvalue weighted by molar-refractivity contribution is 5.98. The highest BCUT2D eigenvalue weighted by Crippen LogP contribution is 2.42. The van der Waals surface area contributed by atoms with Crippen molar-refractivity contribution in [3.8, 4) is 6.07 Å². The van der Waals surface area contributed by atoms with Crippen LogP contribution in [0, 0.1) is 29.1 Å². The fraction of sp³-hybridized carbons (Fsp3) is 0.483. The normalized spacial score (nSPS) is 24.4. The Labute approximate surface area is 222 Å². The van der Waals surface area contributed by atoms with Gasteiger partial charge in [-0.15, -0.1) is 0 Å². The van der Waals surface area contributed by atoms with Crippen molar-refractivity contribution in [3.63, 3.8) is 0 Å². The Kier molecular flexibility index (Phi) is 6.68. The van der Waals surface area contributed by atoms with Gasteiger partial charge in [0.25, 0.3) is 0 Å². The van der Waals surface area contributed by atoms with Crippen molar-refractivity contribution < 1.29 is 9.90 Å². The molecule has 38 heavy (non-hydrogen) atoms. The fourth-order valence-corrected chi connectivity index (χ4v) is 5.99. The first-order valence-corrected chi connectivity index (χ1v) is 13.6. The first kappa shape index (κ1) is 24.7. The standard InChI is InChI=1S/C29H33N7O2/c30-13-18-6-9-35(10-7-18)21-12-26-24(33-15-21)3-4-25(34-26)28(37)11-20-14-32-8-5-27(20)36-16-22(19-1-2-19)29(38)23(31)17-36/h3-5,8,12,14-15,18-19,22-23,29,38H,1-2,6-7,9-11,16-17,31H2/t22-,23-,29-/m1/s1. The van der Waals surface area contributed by atoms with Gasteiger partial charge in [0, 0.05) is 74.1 Å². The minimum Gasteiger partial charge on any atom is -0.391 e. The fourth-order valence-electron chi connectivity index (χ4n) is 5.99. The Morgan fingerprint density at radius 3 is 2.66 bits per heavy atom. The van der Waals surface area contributed by atoms with E-state index in [9.17, 15) is 15.2 Å². The van der Waals surface area contributed by atoms with Crippen LogP contribution in [0.15, 0.2) is 42.9 Å². The maximum atomic E-state index is 13.4. The van der Waals surface area contributed by atoms with Gasteiger partial charge in [-0.25, -0.2) is 4.98 Å². The Morgan fingerprint density at radius 1 is 1.08 bits per heavy atom. The number of aliphatic hydroxyl groups is 1. The van der Waals surface area contributed by atoms with Crippen LogP contribution in [0.25, 0.3) is 11.0 Å². The van der Waals surface area contributed by atoms with E-state index in [0.717, 1.165) is 67.8 Å². The summed E-state index contributed by atoms with van der Waals surface area (Å²) >= 11 is 0. The maximum absolute atomic E-state index is 13.4. The number of Topliss-reactive ketones (excluding diaryl/α,β-unsaturated/α-hetero) is 1. The monoisotopic (exact) mass is 511 g/mol. The van der Waals surface area contributed by atoms with Gasteiger partial charge in [-0.1, -0.05) is 0 Å². The van der Waals surface area contributed by atoms with Crippen LogP contribution in [0.5, 0.6) is 0 Å². The lowest BCUT2D eigenvalue weighted by molar-refractivity contribution is 0.0593. The number of pyridine rings is 3. The minimum absolute atomic E-state index is 0.0820. The third-order valence-electron chi connectivity index (χ3n) is 8.39. The summed E-state index contributed by atoms with van der Waals surface area (Å²) in [6.07, 6.45) is 9.01. The summed E-state index contributed by atoms with van der Waals surface area (Å²) in [4.78, 5) is 31.4. The van der Waals surface area contributed by atoms with Gasteiger partial charge < -0.3 is 20.6 Å². The van der Waals surface area contributed by atoms with Crippen LogP contribution < -0.4 is 15.5 Å². The zero-order valence-electron chi connectivity index (χ0n) is 21.4. The van der Waals surface area contributed by atoms with Crippen molar-refractivity contribution in [2.24, 2.45) is 23.5 Å². The van der Waals surface area contributed by atoms with E-state index >= 15 is 0 Å². The molecule has 3 N–H and O–H groups in total. The van der Waals surface area contributed by atoms with E-state index in [-0.39, 0.29) is 30.1 Å².